The topological polar surface area (TPSA) is 64.8 Å². The Morgan fingerprint density at radius 2 is 2.04 bits per heavy atom. The maximum absolute atomic E-state index is 12.7. The molecule has 0 radical (unpaired) electrons. The number of carbonyl (C=O) groups excluding carboxylic acids is 1. The molecule has 6 heteroatoms. The first kappa shape index (κ1) is 18.0. The summed E-state index contributed by atoms with van der Waals surface area (Å²) < 4.78 is 17.5. The van der Waals surface area contributed by atoms with Gasteiger partial charge in [0.05, 0.1) is 23.8 Å². The zero-order chi connectivity index (χ0) is 18.1. The van der Waals surface area contributed by atoms with Crippen LogP contribution in [0.1, 0.15) is 55.5 Å². The minimum absolute atomic E-state index is 0.0910. The molecule has 1 unspecified atom stereocenters. The van der Waals surface area contributed by atoms with Crippen molar-refractivity contribution >= 4 is 5.91 Å². The second kappa shape index (κ2) is 7.31. The number of likely N-dealkylation sites (tertiary alicyclic amines) is 1. The second-order valence-corrected chi connectivity index (χ2v) is 8.28. The van der Waals surface area contributed by atoms with E-state index in [4.69, 9.17) is 14.0 Å². The summed E-state index contributed by atoms with van der Waals surface area (Å²) >= 11 is 0. The Morgan fingerprint density at radius 1 is 1.27 bits per heavy atom. The fourth-order valence-electron chi connectivity index (χ4n) is 4.21. The molecule has 0 bridgehead atoms. The third kappa shape index (κ3) is 3.96. The summed E-state index contributed by atoms with van der Waals surface area (Å²) in [6.07, 6.45) is 7.16. The number of amides is 1. The Labute approximate surface area is 155 Å². The van der Waals surface area contributed by atoms with Crippen molar-refractivity contribution in [3.05, 3.63) is 17.0 Å². The first-order chi connectivity index (χ1) is 12.5. The molecule has 3 heterocycles. The maximum atomic E-state index is 12.7. The molecule has 1 aliphatic carbocycles. The summed E-state index contributed by atoms with van der Waals surface area (Å²) in [5, 5.41) is 3.95. The number of hydrogen-bond acceptors (Lipinski definition) is 5. The van der Waals surface area contributed by atoms with Gasteiger partial charge in [0.1, 0.15) is 5.76 Å². The first-order valence-corrected chi connectivity index (χ1v) is 10.00. The van der Waals surface area contributed by atoms with Crippen molar-refractivity contribution in [1.29, 1.82) is 0 Å². The fourth-order valence-corrected chi connectivity index (χ4v) is 4.21. The van der Waals surface area contributed by atoms with Gasteiger partial charge in [-0.15, -0.1) is 0 Å². The van der Waals surface area contributed by atoms with Crippen LogP contribution in [0.5, 0.6) is 0 Å². The lowest BCUT2D eigenvalue weighted by Crippen LogP contribution is -2.52. The van der Waals surface area contributed by atoms with Gasteiger partial charge in [-0.2, -0.15) is 0 Å². The Balaban J connectivity index is 1.29. The number of hydrogen-bond donors (Lipinski definition) is 0. The van der Waals surface area contributed by atoms with Gasteiger partial charge >= 0.3 is 0 Å². The summed E-state index contributed by atoms with van der Waals surface area (Å²) in [5.74, 6) is 1.71. The third-order valence-corrected chi connectivity index (χ3v) is 6.25. The van der Waals surface area contributed by atoms with E-state index in [9.17, 15) is 4.79 Å². The van der Waals surface area contributed by atoms with E-state index in [1.54, 1.807) is 0 Å². The van der Waals surface area contributed by atoms with E-state index in [2.05, 4.69) is 5.16 Å². The van der Waals surface area contributed by atoms with Crippen LogP contribution in [0, 0.1) is 19.8 Å². The van der Waals surface area contributed by atoms with Crippen LogP contribution in [-0.2, 0) is 20.7 Å². The molecule has 2 saturated heterocycles. The van der Waals surface area contributed by atoms with E-state index in [-0.39, 0.29) is 11.5 Å². The molecule has 144 valence electrons. The van der Waals surface area contributed by atoms with Gasteiger partial charge in [-0.25, -0.2) is 0 Å². The molecule has 3 fully saturated rings. The highest BCUT2D eigenvalue weighted by Crippen LogP contribution is 2.37. The Bertz CT molecular complexity index is 625. The van der Waals surface area contributed by atoms with Gasteiger partial charge < -0.3 is 18.9 Å². The zero-order valence-corrected chi connectivity index (χ0v) is 16.0. The average molecular weight is 362 g/mol. The van der Waals surface area contributed by atoms with Gasteiger partial charge in [0.2, 0.25) is 5.91 Å². The molecule has 1 aromatic rings. The van der Waals surface area contributed by atoms with Crippen LogP contribution < -0.4 is 0 Å². The Kier molecular flexibility index (Phi) is 5.06. The predicted molar refractivity (Wildman–Crippen MR) is 95.9 cm³/mol. The van der Waals surface area contributed by atoms with Crippen molar-refractivity contribution in [3.8, 4) is 0 Å². The average Bonchev–Trinajstić information content (AvgIpc) is 3.42. The van der Waals surface area contributed by atoms with Crippen LogP contribution in [0.3, 0.4) is 0 Å². The SMILES string of the molecule is Cc1noc(C)c1CC(=O)N1CCC2(CC1)CC(OCC1CC1)CCO2. The van der Waals surface area contributed by atoms with Crippen LogP contribution in [-0.4, -0.2) is 54.0 Å². The van der Waals surface area contributed by atoms with E-state index < -0.39 is 0 Å². The molecule has 3 aliphatic rings. The molecular formula is C20H30N2O4. The Hall–Kier alpha value is -1.40. The minimum Gasteiger partial charge on any atom is -0.378 e. The lowest BCUT2D eigenvalue weighted by atomic mass is 9.83. The number of rotatable bonds is 5. The number of aryl methyl sites for hydroxylation is 2. The van der Waals surface area contributed by atoms with Crippen molar-refractivity contribution in [1.82, 2.24) is 10.1 Å². The minimum atomic E-state index is -0.0910. The largest absolute Gasteiger partial charge is 0.378 e. The number of piperidine rings is 1. The Morgan fingerprint density at radius 3 is 2.69 bits per heavy atom. The number of nitrogens with zero attached hydrogens (tertiary/aromatic N) is 2. The molecule has 4 rings (SSSR count). The van der Waals surface area contributed by atoms with Crippen molar-refractivity contribution in [2.24, 2.45) is 5.92 Å². The number of carbonyl (C=O) groups is 1. The molecular weight excluding hydrogens is 332 g/mol. The van der Waals surface area contributed by atoms with Gasteiger partial charge in [0, 0.05) is 38.3 Å². The predicted octanol–water partition coefficient (Wildman–Crippen LogP) is 2.80. The van der Waals surface area contributed by atoms with Crippen molar-refractivity contribution in [2.45, 2.75) is 70.5 Å². The van der Waals surface area contributed by atoms with Gasteiger partial charge in [-0.05, 0) is 51.9 Å². The molecule has 26 heavy (non-hydrogen) atoms. The second-order valence-electron chi connectivity index (χ2n) is 8.28. The molecule has 6 nitrogen and oxygen atoms in total. The van der Waals surface area contributed by atoms with Crippen molar-refractivity contribution in [3.63, 3.8) is 0 Å². The molecule has 0 aromatic carbocycles. The fraction of sp³-hybridized carbons (Fsp3) is 0.800. The van der Waals surface area contributed by atoms with Crippen LogP contribution >= 0.6 is 0 Å². The van der Waals surface area contributed by atoms with Gasteiger partial charge in [0.25, 0.3) is 0 Å². The zero-order valence-electron chi connectivity index (χ0n) is 16.0. The number of aromatic nitrogens is 1. The van der Waals surface area contributed by atoms with E-state index >= 15 is 0 Å². The van der Waals surface area contributed by atoms with Crippen LogP contribution in [0.25, 0.3) is 0 Å². The maximum Gasteiger partial charge on any atom is 0.227 e. The molecule has 1 atom stereocenters. The highest BCUT2D eigenvalue weighted by molar-refractivity contribution is 5.79. The summed E-state index contributed by atoms with van der Waals surface area (Å²) in [7, 11) is 0. The van der Waals surface area contributed by atoms with Crippen LogP contribution in [0.4, 0.5) is 0 Å². The summed E-state index contributed by atoms with van der Waals surface area (Å²) in [5.41, 5.74) is 1.65. The normalized spacial score (nSPS) is 25.6. The van der Waals surface area contributed by atoms with Crippen LogP contribution in [0.15, 0.2) is 4.52 Å². The van der Waals surface area contributed by atoms with Gasteiger partial charge in [0.15, 0.2) is 0 Å². The lowest BCUT2D eigenvalue weighted by molar-refractivity contribution is -0.161. The quantitative estimate of drug-likeness (QED) is 0.806. The third-order valence-electron chi connectivity index (χ3n) is 6.25. The monoisotopic (exact) mass is 362 g/mol. The highest BCUT2D eigenvalue weighted by atomic mass is 16.5. The van der Waals surface area contributed by atoms with E-state index in [1.165, 1.54) is 12.8 Å². The van der Waals surface area contributed by atoms with Crippen molar-refractivity contribution < 1.29 is 18.8 Å². The molecule has 2 aliphatic heterocycles. The van der Waals surface area contributed by atoms with E-state index in [1.807, 2.05) is 18.7 Å². The molecule has 1 spiro atoms. The van der Waals surface area contributed by atoms with Crippen molar-refractivity contribution in [2.75, 3.05) is 26.3 Å². The highest BCUT2D eigenvalue weighted by Gasteiger charge is 2.42. The van der Waals surface area contributed by atoms with Gasteiger partial charge in [-0.1, -0.05) is 5.16 Å². The molecule has 0 N–H and O–H groups in total. The lowest BCUT2D eigenvalue weighted by Gasteiger charge is -2.46. The van der Waals surface area contributed by atoms with E-state index in [0.29, 0.717) is 12.5 Å². The van der Waals surface area contributed by atoms with E-state index in [0.717, 1.165) is 74.9 Å². The molecule has 1 aromatic heterocycles. The summed E-state index contributed by atoms with van der Waals surface area (Å²) in [6.45, 7) is 6.98. The summed E-state index contributed by atoms with van der Waals surface area (Å²) in [4.78, 5) is 14.6. The van der Waals surface area contributed by atoms with Gasteiger partial charge in [-0.3, -0.25) is 4.79 Å². The standard InChI is InChI=1S/C20H30N2O4/c1-14-18(15(2)26-21-14)11-19(23)22-8-6-20(7-9-22)12-17(5-10-25-20)24-13-16-3-4-16/h16-17H,3-13H2,1-2H3. The smallest absolute Gasteiger partial charge is 0.227 e. The first-order valence-electron chi connectivity index (χ1n) is 10.00. The van der Waals surface area contributed by atoms with Crippen LogP contribution in [0.2, 0.25) is 0 Å². The molecule has 1 saturated carbocycles. The number of ether oxygens (including phenoxy) is 2. The summed E-state index contributed by atoms with van der Waals surface area (Å²) in [6, 6.07) is 0. The molecule has 1 amide bonds.